The van der Waals surface area contributed by atoms with Crippen LogP contribution < -0.4 is 0 Å². The normalized spacial score (nSPS) is 13.3. The topological polar surface area (TPSA) is 60.0 Å². The van der Waals surface area contributed by atoms with Gasteiger partial charge in [0.05, 0.1) is 12.8 Å². The fourth-order valence-corrected chi connectivity index (χ4v) is 0.791. The predicted molar refractivity (Wildman–Crippen MR) is 38.0 cm³/mol. The Morgan fingerprint density at radius 1 is 1.64 bits per heavy atom. The molecule has 0 aliphatic carbocycles. The van der Waals surface area contributed by atoms with E-state index in [9.17, 15) is 0 Å². The minimum absolute atomic E-state index is 0.126. The molecule has 0 saturated heterocycles. The minimum atomic E-state index is -0.126. The van der Waals surface area contributed by atoms with Gasteiger partial charge in [0.1, 0.15) is 11.8 Å². The molecule has 1 unspecified atom stereocenters. The van der Waals surface area contributed by atoms with Gasteiger partial charge in [-0.1, -0.05) is 0 Å². The summed E-state index contributed by atoms with van der Waals surface area (Å²) >= 11 is 0. The van der Waals surface area contributed by atoms with Crippen molar-refractivity contribution in [2.75, 3.05) is 20.8 Å². The van der Waals surface area contributed by atoms with Crippen LogP contribution in [0.3, 0.4) is 0 Å². The summed E-state index contributed by atoms with van der Waals surface area (Å²) in [6.07, 6.45) is 1.49. The van der Waals surface area contributed by atoms with Crippen molar-refractivity contribution in [3.63, 3.8) is 0 Å². The summed E-state index contributed by atoms with van der Waals surface area (Å²) < 4.78 is 10.00. The van der Waals surface area contributed by atoms with Crippen LogP contribution in [0.25, 0.3) is 0 Å². The molecule has 0 fully saturated rings. The molecule has 0 amide bonds. The lowest BCUT2D eigenvalue weighted by molar-refractivity contribution is 0.0249. The molecule has 62 valence electrons. The van der Waals surface area contributed by atoms with Gasteiger partial charge in [0.15, 0.2) is 0 Å². The largest absolute Gasteiger partial charge is 0.382 e. The maximum absolute atomic E-state index is 5.09. The monoisotopic (exact) mass is 157 g/mol. The minimum Gasteiger partial charge on any atom is -0.382 e. The molecule has 0 aliphatic heterocycles. The number of rotatable bonds is 4. The molecule has 1 atom stereocenters. The zero-order valence-corrected chi connectivity index (χ0v) is 6.57. The van der Waals surface area contributed by atoms with E-state index >= 15 is 0 Å². The summed E-state index contributed by atoms with van der Waals surface area (Å²) in [5, 5.41) is 10.0. The van der Waals surface area contributed by atoms with Crippen molar-refractivity contribution < 1.29 is 9.47 Å². The number of ether oxygens (including phenoxy) is 2. The van der Waals surface area contributed by atoms with Gasteiger partial charge in [-0.2, -0.15) is 15.4 Å². The molecule has 0 aliphatic rings. The summed E-state index contributed by atoms with van der Waals surface area (Å²) in [6, 6.07) is 0. The predicted octanol–water partition coefficient (Wildman–Crippen LogP) is 0.139. The molecule has 11 heavy (non-hydrogen) atoms. The Balaban J connectivity index is 2.56. The van der Waals surface area contributed by atoms with Gasteiger partial charge in [-0.15, -0.1) is 0 Å². The smallest absolute Gasteiger partial charge is 0.126 e. The van der Waals surface area contributed by atoms with E-state index in [0.29, 0.717) is 6.61 Å². The van der Waals surface area contributed by atoms with E-state index in [1.54, 1.807) is 20.4 Å². The Bertz CT molecular complexity index is 188. The van der Waals surface area contributed by atoms with Crippen molar-refractivity contribution >= 4 is 0 Å². The lowest BCUT2D eigenvalue weighted by Gasteiger charge is -2.09. The number of H-pyrrole nitrogens is 1. The zero-order chi connectivity index (χ0) is 8.10. The van der Waals surface area contributed by atoms with E-state index in [-0.39, 0.29) is 6.10 Å². The Kier molecular flexibility index (Phi) is 3.00. The molecule has 1 aromatic rings. The van der Waals surface area contributed by atoms with Gasteiger partial charge in [0, 0.05) is 14.2 Å². The highest BCUT2D eigenvalue weighted by Gasteiger charge is 2.11. The molecule has 5 heteroatoms. The first-order valence-electron chi connectivity index (χ1n) is 3.26. The SMILES string of the molecule is COCC(OC)c1cn[nH]n1. The third-order valence-electron chi connectivity index (χ3n) is 1.37. The first-order valence-corrected chi connectivity index (χ1v) is 3.26. The van der Waals surface area contributed by atoms with Gasteiger partial charge in [0.25, 0.3) is 0 Å². The van der Waals surface area contributed by atoms with Gasteiger partial charge in [-0.05, 0) is 0 Å². The molecular formula is C6H11N3O2. The van der Waals surface area contributed by atoms with E-state index in [0.717, 1.165) is 5.69 Å². The fourth-order valence-electron chi connectivity index (χ4n) is 0.791. The van der Waals surface area contributed by atoms with E-state index in [1.165, 1.54) is 0 Å². The second-order valence-electron chi connectivity index (χ2n) is 2.07. The van der Waals surface area contributed by atoms with Gasteiger partial charge < -0.3 is 9.47 Å². The Labute approximate surface area is 64.7 Å². The second kappa shape index (κ2) is 4.05. The molecule has 0 radical (unpaired) electrons. The Morgan fingerprint density at radius 3 is 2.91 bits per heavy atom. The van der Waals surface area contributed by atoms with E-state index < -0.39 is 0 Å². The maximum Gasteiger partial charge on any atom is 0.126 e. The summed E-state index contributed by atoms with van der Waals surface area (Å²) in [5.74, 6) is 0. The van der Waals surface area contributed by atoms with Crippen molar-refractivity contribution in [1.82, 2.24) is 15.4 Å². The highest BCUT2D eigenvalue weighted by atomic mass is 16.5. The van der Waals surface area contributed by atoms with Crippen LogP contribution >= 0.6 is 0 Å². The molecule has 0 bridgehead atoms. The van der Waals surface area contributed by atoms with Gasteiger partial charge in [0.2, 0.25) is 0 Å². The number of aromatic amines is 1. The summed E-state index contributed by atoms with van der Waals surface area (Å²) in [5.41, 5.74) is 0.759. The molecule has 0 spiro atoms. The summed E-state index contributed by atoms with van der Waals surface area (Å²) in [4.78, 5) is 0. The molecule has 5 nitrogen and oxygen atoms in total. The van der Waals surface area contributed by atoms with Crippen LogP contribution in [0.5, 0.6) is 0 Å². The summed E-state index contributed by atoms with van der Waals surface area (Å²) in [6.45, 7) is 0.489. The Hall–Kier alpha value is -0.940. The second-order valence-corrected chi connectivity index (χ2v) is 2.07. The van der Waals surface area contributed by atoms with Crippen LogP contribution in [0.2, 0.25) is 0 Å². The average molecular weight is 157 g/mol. The fraction of sp³-hybridized carbons (Fsp3) is 0.667. The molecule has 1 rings (SSSR count). The highest BCUT2D eigenvalue weighted by Crippen LogP contribution is 2.11. The third kappa shape index (κ3) is 1.99. The van der Waals surface area contributed by atoms with Crippen molar-refractivity contribution in [2.45, 2.75) is 6.10 Å². The molecule has 1 N–H and O–H groups in total. The van der Waals surface area contributed by atoms with Crippen LogP contribution in [0.1, 0.15) is 11.8 Å². The average Bonchev–Trinajstić information content (AvgIpc) is 2.52. The molecule has 1 heterocycles. The van der Waals surface area contributed by atoms with Crippen LogP contribution in [0, 0.1) is 0 Å². The van der Waals surface area contributed by atoms with Crippen molar-refractivity contribution in [3.05, 3.63) is 11.9 Å². The van der Waals surface area contributed by atoms with Crippen LogP contribution in [-0.2, 0) is 9.47 Å². The highest BCUT2D eigenvalue weighted by molar-refractivity contribution is 4.96. The Morgan fingerprint density at radius 2 is 2.45 bits per heavy atom. The summed E-state index contributed by atoms with van der Waals surface area (Å²) in [7, 11) is 3.23. The van der Waals surface area contributed by atoms with Gasteiger partial charge >= 0.3 is 0 Å². The van der Waals surface area contributed by atoms with Crippen LogP contribution in [-0.4, -0.2) is 36.2 Å². The zero-order valence-electron chi connectivity index (χ0n) is 6.57. The van der Waals surface area contributed by atoms with E-state index in [1.807, 2.05) is 0 Å². The molecular weight excluding hydrogens is 146 g/mol. The molecule has 0 saturated carbocycles. The lowest BCUT2D eigenvalue weighted by Crippen LogP contribution is -2.08. The van der Waals surface area contributed by atoms with Gasteiger partial charge in [-0.25, -0.2) is 0 Å². The first kappa shape index (κ1) is 8.16. The number of hydrogen-bond acceptors (Lipinski definition) is 4. The molecule has 0 aromatic carbocycles. The van der Waals surface area contributed by atoms with Crippen LogP contribution in [0.4, 0.5) is 0 Å². The first-order chi connectivity index (χ1) is 5.38. The quantitative estimate of drug-likeness (QED) is 0.675. The van der Waals surface area contributed by atoms with E-state index in [2.05, 4.69) is 15.4 Å². The lowest BCUT2D eigenvalue weighted by atomic mass is 10.3. The standard InChI is InChI=1S/C6H11N3O2/c1-10-4-6(11-2)5-3-7-9-8-5/h3,6H,4H2,1-2H3,(H,7,8,9). The van der Waals surface area contributed by atoms with Crippen LogP contribution in [0.15, 0.2) is 6.20 Å². The number of hydrogen-bond donors (Lipinski definition) is 1. The van der Waals surface area contributed by atoms with Crippen molar-refractivity contribution in [1.29, 1.82) is 0 Å². The molecule has 1 aromatic heterocycles. The number of aromatic nitrogens is 3. The number of nitrogens with zero attached hydrogens (tertiary/aromatic N) is 2. The number of nitrogens with one attached hydrogen (secondary N) is 1. The van der Waals surface area contributed by atoms with Gasteiger partial charge in [-0.3, -0.25) is 0 Å². The number of methoxy groups -OCH3 is 2. The maximum atomic E-state index is 5.09. The van der Waals surface area contributed by atoms with Crippen molar-refractivity contribution in [2.24, 2.45) is 0 Å². The van der Waals surface area contributed by atoms with E-state index in [4.69, 9.17) is 9.47 Å². The van der Waals surface area contributed by atoms with Crippen molar-refractivity contribution in [3.8, 4) is 0 Å². The third-order valence-corrected chi connectivity index (χ3v) is 1.37.